The van der Waals surface area contributed by atoms with Crippen molar-refractivity contribution in [2.24, 2.45) is 0 Å². The molecule has 2 saturated heterocycles. The molecule has 0 spiro atoms. The molecule has 6 rings (SSSR count). The molecule has 4 aromatic rings. The molecule has 0 radical (unpaired) electrons. The van der Waals surface area contributed by atoms with Gasteiger partial charge in [0.15, 0.2) is 15.5 Å². The summed E-state index contributed by atoms with van der Waals surface area (Å²) in [6, 6.07) is 20.4. The van der Waals surface area contributed by atoms with Gasteiger partial charge in [-0.15, -0.1) is 11.3 Å². The maximum atomic E-state index is 13.8. The molecule has 2 fully saturated rings. The second-order valence-corrected chi connectivity index (χ2v) is 14.1. The number of nitrogens with zero attached hydrogens (tertiary/aromatic N) is 4. The first-order valence-corrected chi connectivity index (χ1v) is 16.7. The number of sulfone groups is 1. The third kappa shape index (κ3) is 5.48. The van der Waals surface area contributed by atoms with Crippen LogP contribution in [0.5, 0.6) is 0 Å². The van der Waals surface area contributed by atoms with Crippen molar-refractivity contribution in [1.29, 1.82) is 0 Å². The number of carbonyl (C=O) groups is 1. The number of thiophene rings is 1. The fraction of sp³-hybridized carbons (Fsp3) is 0.333. The van der Waals surface area contributed by atoms with Gasteiger partial charge in [0.1, 0.15) is 0 Å². The van der Waals surface area contributed by atoms with Crippen LogP contribution in [0.1, 0.15) is 36.2 Å². The molecule has 4 heterocycles. The smallest absolute Gasteiger partial charge is 0.274 e. The van der Waals surface area contributed by atoms with Crippen LogP contribution in [0.25, 0.3) is 26.7 Å². The lowest BCUT2D eigenvalue weighted by Crippen LogP contribution is -2.42. The highest BCUT2D eigenvalue weighted by atomic mass is 35.5. The van der Waals surface area contributed by atoms with Crippen LogP contribution in [0, 0.1) is 0 Å². The van der Waals surface area contributed by atoms with Gasteiger partial charge in [0, 0.05) is 30.3 Å². The maximum absolute atomic E-state index is 13.8. The van der Waals surface area contributed by atoms with E-state index in [1.807, 2.05) is 53.4 Å². The molecule has 0 saturated carbocycles. The Morgan fingerprint density at radius 2 is 1.75 bits per heavy atom. The SMILES string of the molecule is CS(=O)(=O)c1cccc(-c2ccc(-c3cc(C(=O)N4CCC[C@H]4CN4CCCC4)nn3-c3ccccc3Cl)s2)c1. The normalized spacial score (nSPS) is 18.1. The van der Waals surface area contributed by atoms with E-state index >= 15 is 0 Å². The summed E-state index contributed by atoms with van der Waals surface area (Å²) < 4.78 is 26.0. The standard InChI is InChI=1S/C30H31ClN4O3S2/c1-40(37,38)23-10-6-8-21(18-23)28-13-14-29(39-28)27-19-25(32-35(27)26-12-3-2-11-24(26)31)30(36)34-17-7-9-22(34)20-33-15-4-5-16-33/h2-3,6,8,10-14,18-19,22H,4-5,7,9,15-17,20H2,1H3/t22-/m0/s1. The molecular formula is C30H31ClN4O3S2. The van der Waals surface area contributed by atoms with Crippen LogP contribution in [0.4, 0.5) is 0 Å². The van der Waals surface area contributed by atoms with Crippen LogP contribution < -0.4 is 0 Å². The molecule has 0 aliphatic carbocycles. The molecule has 2 aliphatic heterocycles. The molecular weight excluding hydrogens is 564 g/mol. The number of hydrogen-bond donors (Lipinski definition) is 0. The van der Waals surface area contributed by atoms with Crippen LogP contribution >= 0.6 is 22.9 Å². The number of benzene rings is 2. The van der Waals surface area contributed by atoms with E-state index in [9.17, 15) is 13.2 Å². The van der Waals surface area contributed by atoms with E-state index in [2.05, 4.69) is 4.90 Å². The Labute approximate surface area is 243 Å². The van der Waals surface area contributed by atoms with E-state index < -0.39 is 9.84 Å². The predicted molar refractivity (Wildman–Crippen MR) is 160 cm³/mol. The summed E-state index contributed by atoms with van der Waals surface area (Å²) in [6.45, 7) is 3.88. The van der Waals surface area contributed by atoms with Crippen molar-refractivity contribution in [1.82, 2.24) is 19.6 Å². The Bertz CT molecular complexity index is 1660. The fourth-order valence-electron chi connectivity index (χ4n) is 5.68. The summed E-state index contributed by atoms with van der Waals surface area (Å²) in [6.07, 6.45) is 5.69. The van der Waals surface area contributed by atoms with Crippen LogP contribution in [0.2, 0.25) is 5.02 Å². The summed E-state index contributed by atoms with van der Waals surface area (Å²) >= 11 is 8.12. The van der Waals surface area contributed by atoms with Gasteiger partial charge in [0.25, 0.3) is 5.91 Å². The second kappa shape index (κ2) is 11.1. The number of amides is 1. The van der Waals surface area contributed by atoms with Crippen LogP contribution in [0.15, 0.2) is 71.6 Å². The molecule has 0 unspecified atom stereocenters. The average Bonchev–Trinajstić information content (AvgIpc) is 3.76. The minimum absolute atomic E-state index is 0.0496. The van der Waals surface area contributed by atoms with Crippen molar-refractivity contribution in [2.45, 2.75) is 36.6 Å². The highest BCUT2D eigenvalue weighted by Gasteiger charge is 2.33. The van der Waals surface area contributed by atoms with Gasteiger partial charge in [-0.2, -0.15) is 5.10 Å². The van der Waals surface area contributed by atoms with E-state index in [1.54, 1.807) is 22.9 Å². The topological polar surface area (TPSA) is 75.5 Å². The number of hydrogen-bond acceptors (Lipinski definition) is 6. The maximum Gasteiger partial charge on any atom is 0.274 e. The van der Waals surface area contributed by atoms with E-state index in [0.717, 1.165) is 60.0 Å². The molecule has 1 atom stereocenters. The molecule has 10 heteroatoms. The number of halogens is 1. The van der Waals surface area contributed by atoms with Crippen LogP contribution in [-0.4, -0.2) is 72.4 Å². The first-order chi connectivity index (χ1) is 19.3. The summed E-state index contributed by atoms with van der Waals surface area (Å²) in [5.74, 6) is -0.0496. The molecule has 2 aromatic carbocycles. The van der Waals surface area contributed by atoms with Gasteiger partial charge < -0.3 is 9.80 Å². The number of rotatable bonds is 7. The third-order valence-corrected chi connectivity index (χ3v) is 10.3. The number of aromatic nitrogens is 2. The van der Waals surface area contributed by atoms with Gasteiger partial charge in [0.05, 0.1) is 26.2 Å². The lowest BCUT2D eigenvalue weighted by atomic mass is 10.2. The Hall–Kier alpha value is -2.98. The van der Waals surface area contributed by atoms with Crippen LogP contribution in [0.3, 0.4) is 0 Å². The minimum atomic E-state index is -3.32. The molecule has 0 N–H and O–H groups in total. The first kappa shape index (κ1) is 27.2. The number of likely N-dealkylation sites (tertiary alicyclic amines) is 2. The summed E-state index contributed by atoms with van der Waals surface area (Å²) in [5, 5.41) is 5.35. The molecule has 2 aromatic heterocycles. The Kier molecular flexibility index (Phi) is 7.56. The van der Waals surface area contributed by atoms with Crippen molar-refractivity contribution in [3.8, 4) is 26.7 Å². The van der Waals surface area contributed by atoms with Crippen molar-refractivity contribution < 1.29 is 13.2 Å². The van der Waals surface area contributed by atoms with E-state index in [0.29, 0.717) is 16.4 Å². The lowest BCUT2D eigenvalue weighted by Gasteiger charge is -2.28. The number of para-hydroxylation sites is 1. The van der Waals surface area contributed by atoms with Gasteiger partial charge in [-0.25, -0.2) is 13.1 Å². The number of carbonyl (C=O) groups excluding carboxylic acids is 1. The lowest BCUT2D eigenvalue weighted by molar-refractivity contribution is 0.0702. The molecule has 40 heavy (non-hydrogen) atoms. The predicted octanol–water partition coefficient (Wildman–Crippen LogP) is 6.03. The van der Waals surface area contributed by atoms with Gasteiger partial charge in [-0.05, 0) is 86.8 Å². The van der Waals surface area contributed by atoms with Crippen molar-refractivity contribution in [3.63, 3.8) is 0 Å². The van der Waals surface area contributed by atoms with Gasteiger partial charge in [-0.3, -0.25) is 4.79 Å². The zero-order valence-electron chi connectivity index (χ0n) is 22.3. The first-order valence-electron chi connectivity index (χ1n) is 13.6. The van der Waals surface area contributed by atoms with Crippen LogP contribution in [-0.2, 0) is 9.84 Å². The molecule has 0 bridgehead atoms. The Balaban J connectivity index is 1.36. The van der Waals surface area contributed by atoms with Gasteiger partial charge in [0.2, 0.25) is 0 Å². The highest BCUT2D eigenvalue weighted by Crippen LogP contribution is 2.37. The monoisotopic (exact) mass is 594 g/mol. The van der Waals surface area contributed by atoms with Crippen molar-refractivity contribution >= 4 is 38.7 Å². The largest absolute Gasteiger partial charge is 0.333 e. The van der Waals surface area contributed by atoms with Gasteiger partial charge in [-0.1, -0.05) is 35.9 Å². The third-order valence-electron chi connectivity index (χ3n) is 7.72. The molecule has 208 valence electrons. The Morgan fingerprint density at radius 3 is 2.52 bits per heavy atom. The molecule has 7 nitrogen and oxygen atoms in total. The molecule has 2 aliphatic rings. The second-order valence-electron chi connectivity index (χ2n) is 10.5. The molecule has 1 amide bonds. The highest BCUT2D eigenvalue weighted by molar-refractivity contribution is 7.90. The quantitative estimate of drug-likeness (QED) is 0.261. The summed E-state index contributed by atoms with van der Waals surface area (Å²) in [7, 11) is -3.32. The van der Waals surface area contributed by atoms with E-state index in [4.69, 9.17) is 16.7 Å². The summed E-state index contributed by atoms with van der Waals surface area (Å²) in [5.41, 5.74) is 2.68. The average molecular weight is 595 g/mol. The van der Waals surface area contributed by atoms with E-state index in [1.165, 1.54) is 30.4 Å². The van der Waals surface area contributed by atoms with E-state index in [-0.39, 0.29) is 16.8 Å². The zero-order chi connectivity index (χ0) is 27.9. The van der Waals surface area contributed by atoms with Gasteiger partial charge >= 0.3 is 0 Å². The fourth-order valence-corrected chi connectivity index (χ4v) is 7.57. The minimum Gasteiger partial charge on any atom is -0.333 e. The summed E-state index contributed by atoms with van der Waals surface area (Å²) in [4.78, 5) is 20.4. The Morgan fingerprint density at radius 1 is 0.975 bits per heavy atom. The zero-order valence-corrected chi connectivity index (χ0v) is 24.7. The van der Waals surface area contributed by atoms with Crippen molar-refractivity contribution in [2.75, 3.05) is 32.4 Å². The van der Waals surface area contributed by atoms with Crippen molar-refractivity contribution in [3.05, 3.63) is 77.4 Å².